The molecule has 0 rings (SSSR count). The maximum Gasteiger partial charge on any atom is 0.191 e. The van der Waals surface area contributed by atoms with E-state index in [0.29, 0.717) is 6.42 Å². The van der Waals surface area contributed by atoms with Crippen molar-refractivity contribution in [1.29, 1.82) is 0 Å². The summed E-state index contributed by atoms with van der Waals surface area (Å²) in [5.41, 5.74) is -1.46. The topological polar surface area (TPSA) is 54.0 Å². The Kier molecular flexibility index (Phi) is 3.89. The molecule has 10 heavy (non-hydrogen) atoms. The van der Waals surface area contributed by atoms with Crippen molar-refractivity contribution in [2.24, 2.45) is 0 Å². The molecule has 0 heterocycles. The van der Waals surface area contributed by atoms with Crippen molar-refractivity contribution in [2.75, 3.05) is 5.75 Å². The van der Waals surface area contributed by atoms with Gasteiger partial charge in [0.05, 0.1) is 5.75 Å². The molecular weight excluding hydrogens is 152 g/mol. The Balaban J connectivity index is 3.90. The van der Waals surface area contributed by atoms with Crippen molar-refractivity contribution in [2.45, 2.75) is 32.1 Å². The average molecular weight is 165 g/mol. The molecule has 0 fully saturated rings. The average Bonchev–Trinajstić information content (AvgIpc) is 1.84. The SMILES string of the molecule is CCCCS(=O)(=O)C(C)[O]. The van der Waals surface area contributed by atoms with Crippen LogP contribution in [0.2, 0.25) is 0 Å². The second kappa shape index (κ2) is 3.93. The third kappa shape index (κ3) is 3.17. The van der Waals surface area contributed by atoms with Crippen LogP contribution in [0, 0.1) is 0 Å². The van der Waals surface area contributed by atoms with Gasteiger partial charge in [-0.2, -0.15) is 0 Å². The van der Waals surface area contributed by atoms with Crippen LogP contribution < -0.4 is 0 Å². The van der Waals surface area contributed by atoms with Crippen LogP contribution in [0.3, 0.4) is 0 Å². The Morgan fingerprint density at radius 2 is 1.90 bits per heavy atom. The van der Waals surface area contributed by atoms with E-state index < -0.39 is 15.3 Å². The van der Waals surface area contributed by atoms with Crippen molar-refractivity contribution in [3.63, 3.8) is 0 Å². The molecule has 0 aliphatic carbocycles. The molecule has 0 aromatic carbocycles. The Morgan fingerprint density at radius 3 is 2.20 bits per heavy atom. The van der Waals surface area contributed by atoms with Gasteiger partial charge in [-0.25, -0.2) is 13.5 Å². The highest BCUT2D eigenvalue weighted by Crippen LogP contribution is 2.02. The van der Waals surface area contributed by atoms with Crippen LogP contribution in [0.15, 0.2) is 0 Å². The lowest BCUT2D eigenvalue weighted by Gasteiger charge is -2.02. The zero-order valence-corrected chi connectivity index (χ0v) is 7.15. The highest BCUT2D eigenvalue weighted by Gasteiger charge is 2.17. The molecule has 1 atom stereocenters. The summed E-state index contributed by atoms with van der Waals surface area (Å²) in [6, 6.07) is 0. The Labute approximate surface area is 62.0 Å². The molecule has 0 N–H and O–H groups in total. The molecule has 0 saturated heterocycles. The number of hydrogen-bond donors (Lipinski definition) is 0. The fourth-order valence-electron chi connectivity index (χ4n) is 0.511. The van der Waals surface area contributed by atoms with E-state index in [-0.39, 0.29) is 5.75 Å². The summed E-state index contributed by atoms with van der Waals surface area (Å²) in [6.07, 6.45) is 1.40. The van der Waals surface area contributed by atoms with Gasteiger partial charge in [-0.05, 0) is 13.3 Å². The predicted molar refractivity (Wildman–Crippen MR) is 38.8 cm³/mol. The summed E-state index contributed by atoms with van der Waals surface area (Å²) < 4.78 is 21.6. The van der Waals surface area contributed by atoms with E-state index in [2.05, 4.69) is 0 Å². The standard InChI is InChI=1S/C6H13O3S/c1-3-4-5-10(8,9)6(2)7/h6H,3-5H2,1-2H3. The van der Waals surface area contributed by atoms with E-state index in [0.717, 1.165) is 6.42 Å². The van der Waals surface area contributed by atoms with Crippen molar-refractivity contribution in [3.05, 3.63) is 0 Å². The van der Waals surface area contributed by atoms with E-state index in [1.807, 2.05) is 6.92 Å². The van der Waals surface area contributed by atoms with Crippen molar-refractivity contribution in [1.82, 2.24) is 0 Å². The first kappa shape index (κ1) is 9.91. The summed E-state index contributed by atoms with van der Waals surface area (Å²) in [6.45, 7) is 3.07. The molecular formula is C6H13O3S. The van der Waals surface area contributed by atoms with Crippen molar-refractivity contribution in [3.8, 4) is 0 Å². The molecule has 61 valence electrons. The molecule has 0 amide bonds. The molecule has 0 aliphatic rings. The molecule has 0 spiro atoms. The van der Waals surface area contributed by atoms with E-state index in [9.17, 15) is 13.5 Å². The largest absolute Gasteiger partial charge is 0.226 e. The van der Waals surface area contributed by atoms with Gasteiger partial charge >= 0.3 is 0 Å². The monoisotopic (exact) mass is 165 g/mol. The minimum Gasteiger partial charge on any atom is -0.226 e. The second-order valence-electron chi connectivity index (χ2n) is 2.29. The fourth-order valence-corrected chi connectivity index (χ4v) is 1.53. The van der Waals surface area contributed by atoms with Gasteiger partial charge in [-0.15, -0.1) is 0 Å². The van der Waals surface area contributed by atoms with Gasteiger partial charge in [0.15, 0.2) is 15.3 Å². The smallest absolute Gasteiger partial charge is 0.191 e. The maximum absolute atomic E-state index is 10.8. The van der Waals surface area contributed by atoms with Gasteiger partial charge < -0.3 is 0 Å². The van der Waals surface area contributed by atoms with Crippen molar-refractivity contribution < 1.29 is 13.5 Å². The molecule has 0 saturated carbocycles. The van der Waals surface area contributed by atoms with Gasteiger partial charge in [0.25, 0.3) is 0 Å². The van der Waals surface area contributed by atoms with Gasteiger partial charge in [0.2, 0.25) is 0 Å². The van der Waals surface area contributed by atoms with Gasteiger partial charge in [0.1, 0.15) is 0 Å². The van der Waals surface area contributed by atoms with E-state index in [1.165, 1.54) is 6.92 Å². The second-order valence-corrected chi connectivity index (χ2v) is 4.69. The Bertz CT molecular complexity index is 169. The Morgan fingerprint density at radius 1 is 1.40 bits per heavy atom. The number of sulfone groups is 1. The molecule has 1 unspecified atom stereocenters. The van der Waals surface area contributed by atoms with Crippen LogP contribution in [0.5, 0.6) is 0 Å². The third-order valence-electron chi connectivity index (χ3n) is 1.29. The van der Waals surface area contributed by atoms with Crippen LogP contribution in [0.1, 0.15) is 26.7 Å². The summed E-state index contributed by atoms with van der Waals surface area (Å²) >= 11 is 0. The lowest BCUT2D eigenvalue weighted by Crippen LogP contribution is -2.18. The van der Waals surface area contributed by atoms with E-state index in [4.69, 9.17) is 0 Å². The number of unbranched alkanes of at least 4 members (excludes halogenated alkanes) is 1. The first-order valence-electron chi connectivity index (χ1n) is 3.38. The third-order valence-corrected chi connectivity index (χ3v) is 3.16. The molecule has 3 nitrogen and oxygen atoms in total. The number of hydrogen-bond acceptors (Lipinski definition) is 2. The molecule has 0 aromatic heterocycles. The molecule has 0 aromatic rings. The lowest BCUT2D eigenvalue weighted by molar-refractivity contribution is 0.170. The summed E-state index contributed by atoms with van der Waals surface area (Å²) in [4.78, 5) is 0. The van der Waals surface area contributed by atoms with Gasteiger partial charge in [0, 0.05) is 0 Å². The Hall–Kier alpha value is -0.0900. The highest BCUT2D eigenvalue weighted by molar-refractivity contribution is 7.91. The minimum absolute atomic E-state index is 0.0359. The van der Waals surface area contributed by atoms with Gasteiger partial charge in [-0.3, -0.25) is 0 Å². The highest BCUT2D eigenvalue weighted by atomic mass is 32.2. The summed E-state index contributed by atoms with van der Waals surface area (Å²) in [5, 5.41) is 10.5. The zero-order chi connectivity index (χ0) is 8.20. The van der Waals surface area contributed by atoms with Crippen molar-refractivity contribution >= 4 is 9.84 Å². The number of rotatable bonds is 4. The predicted octanol–water partition coefficient (Wildman–Crippen LogP) is 0.978. The maximum atomic E-state index is 10.8. The molecule has 0 aliphatic heterocycles. The van der Waals surface area contributed by atoms with E-state index in [1.54, 1.807) is 0 Å². The summed E-state index contributed by atoms with van der Waals surface area (Å²) in [7, 11) is -3.32. The first-order chi connectivity index (χ1) is 4.50. The molecule has 4 heteroatoms. The first-order valence-corrected chi connectivity index (χ1v) is 5.09. The van der Waals surface area contributed by atoms with E-state index >= 15 is 0 Å². The molecule has 1 radical (unpaired) electrons. The quantitative estimate of drug-likeness (QED) is 0.623. The van der Waals surface area contributed by atoms with Crippen LogP contribution in [0.4, 0.5) is 0 Å². The summed E-state index contributed by atoms with van der Waals surface area (Å²) in [5.74, 6) is 0.0359. The fraction of sp³-hybridized carbons (Fsp3) is 1.00. The molecule has 0 bridgehead atoms. The van der Waals surface area contributed by atoms with Crippen LogP contribution in [-0.2, 0) is 14.9 Å². The normalized spacial score (nSPS) is 15.1. The van der Waals surface area contributed by atoms with Crippen LogP contribution in [0.25, 0.3) is 0 Å². The minimum atomic E-state index is -3.32. The van der Waals surface area contributed by atoms with Crippen LogP contribution in [-0.4, -0.2) is 19.6 Å². The zero-order valence-electron chi connectivity index (χ0n) is 6.33. The van der Waals surface area contributed by atoms with Crippen LogP contribution >= 0.6 is 0 Å². The lowest BCUT2D eigenvalue weighted by atomic mass is 10.4. The van der Waals surface area contributed by atoms with Gasteiger partial charge in [-0.1, -0.05) is 13.3 Å².